The highest BCUT2D eigenvalue weighted by molar-refractivity contribution is 5.91. The lowest BCUT2D eigenvalue weighted by Gasteiger charge is -2.31. The van der Waals surface area contributed by atoms with Crippen molar-refractivity contribution in [1.82, 2.24) is 10.6 Å². The minimum atomic E-state index is -1.34. The number of carboxylic acids is 1. The first kappa shape index (κ1) is 24.3. The van der Waals surface area contributed by atoms with Gasteiger partial charge in [-0.15, -0.1) is 12.3 Å². The highest BCUT2D eigenvalue weighted by Gasteiger charge is 2.41. The monoisotopic (exact) mass is 474 g/mol. The minimum absolute atomic E-state index is 0.0777. The lowest BCUT2D eigenvalue weighted by Crippen LogP contribution is -2.59. The van der Waals surface area contributed by atoms with Crippen molar-refractivity contribution < 1.29 is 24.2 Å². The summed E-state index contributed by atoms with van der Waals surface area (Å²) in [5.74, 6) is 0.602. The van der Waals surface area contributed by atoms with E-state index in [-0.39, 0.29) is 18.9 Å². The number of benzene rings is 2. The molecule has 1 unspecified atom stereocenters. The quantitative estimate of drug-likeness (QED) is 0.412. The van der Waals surface area contributed by atoms with E-state index in [1.165, 1.54) is 0 Å². The summed E-state index contributed by atoms with van der Waals surface area (Å²) in [5, 5.41) is 15.1. The molecule has 4 rings (SSSR count). The molecular weight excluding hydrogens is 444 g/mol. The summed E-state index contributed by atoms with van der Waals surface area (Å²) in [5.41, 5.74) is 3.05. The Kier molecular flexibility index (Phi) is 7.40. The molecule has 0 radical (unpaired) electrons. The maximum Gasteiger partial charge on any atom is 0.407 e. The summed E-state index contributed by atoms with van der Waals surface area (Å²) in [6, 6.07) is 14.9. The summed E-state index contributed by atoms with van der Waals surface area (Å²) in [7, 11) is 0. The summed E-state index contributed by atoms with van der Waals surface area (Å²) >= 11 is 0. The summed E-state index contributed by atoms with van der Waals surface area (Å²) in [6.45, 7) is 0.101. The number of terminal acetylenes is 1. The lowest BCUT2D eigenvalue weighted by molar-refractivity contribution is -0.148. The molecular formula is C28H30N2O5. The first-order chi connectivity index (χ1) is 16.9. The van der Waals surface area contributed by atoms with Gasteiger partial charge >= 0.3 is 12.1 Å². The van der Waals surface area contributed by atoms with E-state index in [1.807, 2.05) is 48.5 Å². The molecule has 0 aromatic heterocycles. The van der Waals surface area contributed by atoms with Gasteiger partial charge in [0.05, 0.1) is 0 Å². The van der Waals surface area contributed by atoms with Crippen molar-refractivity contribution in [2.45, 2.75) is 62.4 Å². The maximum absolute atomic E-state index is 13.0. The Balaban J connectivity index is 1.42. The summed E-state index contributed by atoms with van der Waals surface area (Å²) in [4.78, 5) is 37.7. The van der Waals surface area contributed by atoms with Gasteiger partial charge in [-0.25, -0.2) is 9.59 Å². The fourth-order valence-corrected chi connectivity index (χ4v) is 5.16. The Morgan fingerprint density at radius 1 is 1.00 bits per heavy atom. The molecule has 0 heterocycles. The van der Waals surface area contributed by atoms with E-state index in [9.17, 15) is 19.5 Å². The number of hydrogen-bond donors (Lipinski definition) is 3. The van der Waals surface area contributed by atoms with Gasteiger partial charge < -0.3 is 20.5 Å². The molecule has 2 aliphatic rings. The average molecular weight is 475 g/mol. The second kappa shape index (κ2) is 10.6. The number of carbonyl (C=O) groups is 3. The van der Waals surface area contributed by atoms with Crippen molar-refractivity contribution in [3.63, 3.8) is 0 Å². The predicted molar refractivity (Wildman–Crippen MR) is 132 cm³/mol. The Bertz CT molecular complexity index is 1100. The third kappa shape index (κ3) is 5.17. The van der Waals surface area contributed by atoms with Gasteiger partial charge in [0.1, 0.15) is 18.2 Å². The third-order valence-corrected chi connectivity index (χ3v) is 7.00. The Morgan fingerprint density at radius 2 is 1.57 bits per heavy atom. The zero-order valence-corrected chi connectivity index (χ0v) is 19.6. The van der Waals surface area contributed by atoms with E-state index in [0.29, 0.717) is 25.7 Å². The third-order valence-electron chi connectivity index (χ3n) is 7.00. The predicted octanol–water partition coefficient (Wildman–Crippen LogP) is 4.21. The van der Waals surface area contributed by atoms with Gasteiger partial charge in [0.25, 0.3) is 0 Å². The molecule has 0 spiro atoms. The second-order valence-corrected chi connectivity index (χ2v) is 9.22. The first-order valence-corrected chi connectivity index (χ1v) is 12.1. The standard InChI is InChI=1S/C28H30N2O5/c1-2-11-24(25(31)30-28(26(32)33)16-9-3-4-10-17-28)29-27(34)35-18-23-21-14-7-5-12-19(21)20-13-6-8-15-22(20)23/h1,5-8,12-15,23-24H,3-4,9-11,16-18H2,(H,29,34)(H,30,31)(H,32,33). The number of fused-ring (bicyclic) bond motifs is 3. The van der Waals surface area contributed by atoms with Crippen LogP contribution < -0.4 is 10.6 Å². The van der Waals surface area contributed by atoms with E-state index in [2.05, 4.69) is 16.6 Å². The van der Waals surface area contributed by atoms with Gasteiger partial charge in [-0.05, 0) is 35.1 Å². The fourth-order valence-electron chi connectivity index (χ4n) is 5.16. The Hall–Kier alpha value is -3.79. The molecule has 182 valence electrons. The van der Waals surface area contributed by atoms with Gasteiger partial charge in [-0.3, -0.25) is 4.79 Å². The largest absolute Gasteiger partial charge is 0.480 e. The van der Waals surface area contributed by atoms with Crippen LogP contribution in [0.15, 0.2) is 48.5 Å². The normalized spacial score (nSPS) is 17.1. The van der Waals surface area contributed by atoms with Crippen LogP contribution in [0.2, 0.25) is 0 Å². The van der Waals surface area contributed by atoms with Crippen LogP contribution >= 0.6 is 0 Å². The van der Waals surface area contributed by atoms with Gasteiger partial charge in [-0.1, -0.05) is 74.2 Å². The highest BCUT2D eigenvalue weighted by atomic mass is 16.5. The number of rotatable bonds is 7. The van der Waals surface area contributed by atoms with Crippen LogP contribution in [0, 0.1) is 12.3 Å². The number of ether oxygens (including phenoxy) is 1. The van der Waals surface area contributed by atoms with Gasteiger partial charge in [0, 0.05) is 12.3 Å². The van der Waals surface area contributed by atoms with Crippen molar-refractivity contribution in [2.24, 2.45) is 0 Å². The molecule has 7 nitrogen and oxygen atoms in total. The minimum Gasteiger partial charge on any atom is -0.480 e. The van der Waals surface area contributed by atoms with Gasteiger partial charge in [0.2, 0.25) is 5.91 Å². The average Bonchev–Trinajstić information content (AvgIpc) is 2.98. The molecule has 2 amide bonds. The van der Waals surface area contributed by atoms with Gasteiger partial charge in [-0.2, -0.15) is 0 Å². The van der Waals surface area contributed by atoms with E-state index in [4.69, 9.17) is 11.2 Å². The van der Waals surface area contributed by atoms with Gasteiger partial charge in [0.15, 0.2) is 0 Å². The molecule has 1 atom stereocenters. The molecule has 0 bridgehead atoms. The molecule has 2 aliphatic carbocycles. The Morgan fingerprint density at radius 3 is 2.11 bits per heavy atom. The summed E-state index contributed by atoms with van der Waals surface area (Å²) < 4.78 is 5.53. The fraction of sp³-hybridized carbons (Fsp3) is 0.393. The zero-order valence-electron chi connectivity index (χ0n) is 19.6. The van der Waals surface area contributed by atoms with E-state index < -0.39 is 29.6 Å². The zero-order chi connectivity index (χ0) is 24.8. The van der Waals surface area contributed by atoms with Crippen molar-refractivity contribution >= 4 is 18.0 Å². The number of amides is 2. The molecule has 3 N–H and O–H groups in total. The van der Waals surface area contributed by atoms with Crippen molar-refractivity contribution in [3.8, 4) is 23.5 Å². The molecule has 7 heteroatoms. The molecule has 0 aliphatic heterocycles. The number of carboxylic acid groups (broad SMARTS) is 1. The van der Waals surface area contributed by atoms with E-state index >= 15 is 0 Å². The molecule has 1 fully saturated rings. The van der Waals surface area contributed by atoms with Crippen molar-refractivity contribution in [3.05, 3.63) is 59.7 Å². The number of alkyl carbamates (subject to hydrolysis) is 1. The van der Waals surface area contributed by atoms with Crippen LogP contribution in [0.3, 0.4) is 0 Å². The number of aliphatic carboxylic acids is 1. The van der Waals surface area contributed by atoms with Crippen molar-refractivity contribution in [1.29, 1.82) is 0 Å². The van der Waals surface area contributed by atoms with Crippen LogP contribution in [0.4, 0.5) is 4.79 Å². The van der Waals surface area contributed by atoms with Crippen LogP contribution in [0.5, 0.6) is 0 Å². The van der Waals surface area contributed by atoms with Crippen LogP contribution in [0.25, 0.3) is 11.1 Å². The highest BCUT2D eigenvalue weighted by Crippen LogP contribution is 2.44. The van der Waals surface area contributed by atoms with E-state index in [0.717, 1.165) is 35.1 Å². The summed E-state index contributed by atoms with van der Waals surface area (Å²) in [6.07, 6.45) is 8.57. The lowest BCUT2D eigenvalue weighted by atomic mass is 9.89. The molecule has 0 saturated heterocycles. The molecule has 2 aromatic rings. The maximum atomic E-state index is 13.0. The van der Waals surface area contributed by atoms with Crippen LogP contribution in [-0.2, 0) is 14.3 Å². The first-order valence-electron chi connectivity index (χ1n) is 12.1. The van der Waals surface area contributed by atoms with Crippen LogP contribution in [-0.4, -0.2) is 41.3 Å². The molecule has 35 heavy (non-hydrogen) atoms. The molecule has 1 saturated carbocycles. The number of nitrogens with one attached hydrogen (secondary N) is 2. The number of hydrogen-bond acceptors (Lipinski definition) is 4. The number of carbonyl (C=O) groups excluding carboxylic acids is 2. The second-order valence-electron chi connectivity index (χ2n) is 9.22. The SMILES string of the molecule is C#CCC(NC(=O)OCC1c2ccccc2-c2ccccc21)C(=O)NC1(C(=O)O)CCCCCC1. The smallest absolute Gasteiger partial charge is 0.407 e. The van der Waals surface area contributed by atoms with Crippen molar-refractivity contribution in [2.75, 3.05) is 6.61 Å². The molecule has 2 aromatic carbocycles. The van der Waals surface area contributed by atoms with E-state index in [1.54, 1.807) is 0 Å². The Labute approximate surface area is 205 Å². The topological polar surface area (TPSA) is 105 Å². The van der Waals surface area contributed by atoms with Crippen LogP contribution in [0.1, 0.15) is 62.0 Å².